The van der Waals surface area contributed by atoms with Crippen LogP contribution in [0.1, 0.15) is 40.3 Å². The van der Waals surface area contributed by atoms with Crippen LogP contribution in [0.2, 0.25) is 5.02 Å². The smallest absolute Gasteiger partial charge is 0.174 e. The molecule has 1 fully saturated rings. The first-order valence-corrected chi connectivity index (χ1v) is 11.6. The Labute approximate surface area is 204 Å². The van der Waals surface area contributed by atoms with Gasteiger partial charge >= 0.3 is 0 Å². The lowest BCUT2D eigenvalue weighted by Crippen LogP contribution is -2.29. The minimum Gasteiger partial charge on any atom is -0.351 e. The lowest BCUT2D eigenvalue weighted by Gasteiger charge is -2.28. The van der Waals surface area contributed by atoms with Gasteiger partial charge < -0.3 is 14.8 Å². The lowest BCUT2D eigenvalue weighted by atomic mass is 9.96. The van der Waals surface area contributed by atoms with Gasteiger partial charge in [-0.1, -0.05) is 23.7 Å². The second-order valence-electron chi connectivity index (χ2n) is 8.25. The van der Waals surface area contributed by atoms with E-state index in [2.05, 4.69) is 50.7 Å². The number of aryl methyl sites for hydroxylation is 1. The van der Waals surface area contributed by atoms with Gasteiger partial charge in [-0.25, -0.2) is 0 Å². The van der Waals surface area contributed by atoms with Crippen molar-refractivity contribution >= 4 is 34.6 Å². The molecule has 166 valence electrons. The molecule has 1 saturated heterocycles. The number of aromatic nitrogens is 3. The molecule has 0 saturated carbocycles. The van der Waals surface area contributed by atoms with Gasteiger partial charge in [-0.2, -0.15) is 0 Å². The van der Waals surface area contributed by atoms with E-state index in [0.29, 0.717) is 10.1 Å². The summed E-state index contributed by atoms with van der Waals surface area (Å²) in [5.74, 6) is 0. The van der Waals surface area contributed by atoms with E-state index in [1.165, 1.54) is 22.5 Å². The number of anilines is 1. The third kappa shape index (κ3) is 4.12. The molecule has 1 aliphatic heterocycles. The fourth-order valence-corrected chi connectivity index (χ4v) is 5.07. The number of benzene rings is 1. The maximum absolute atomic E-state index is 6.17. The molecule has 1 aromatic carbocycles. The topological polar surface area (TPSA) is 46.0 Å². The van der Waals surface area contributed by atoms with Crippen molar-refractivity contribution in [3.05, 3.63) is 112 Å². The molecule has 0 aliphatic carbocycles. The highest BCUT2D eigenvalue weighted by atomic mass is 35.5. The average molecular weight is 474 g/mol. The van der Waals surface area contributed by atoms with Crippen molar-refractivity contribution < 1.29 is 0 Å². The van der Waals surface area contributed by atoms with Gasteiger partial charge in [0.1, 0.15) is 0 Å². The molecule has 33 heavy (non-hydrogen) atoms. The van der Waals surface area contributed by atoms with Crippen molar-refractivity contribution in [1.82, 2.24) is 19.9 Å². The molecule has 0 bridgehead atoms. The first-order valence-electron chi connectivity index (χ1n) is 10.8. The molecule has 4 aromatic rings. The number of halogens is 1. The Hall–Kier alpha value is -3.22. The van der Waals surface area contributed by atoms with Gasteiger partial charge in [0, 0.05) is 47.2 Å². The largest absolute Gasteiger partial charge is 0.351 e. The third-order valence-electron chi connectivity index (χ3n) is 6.20. The Morgan fingerprint density at radius 1 is 1.03 bits per heavy atom. The van der Waals surface area contributed by atoms with E-state index in [0.717, 1.165) is 17.9 Å². The highest BCUT2D eigenvalue weighted by molar-refractivity contribution is 7.80. The number of nitrogens with zero attached hydrogens (tertiary/aromatic N) is 4. The molecule has 0 spiro atoms. The van der Waals surface area contributed by atoms with Crippen LogP contribution in [0.3, 0.4) is 0 Å². The van der Waals surface area contributed by atoms with Crippen molar-refractivity contribution in [2.45, 2.75) is 32.5 Å². The predicted molar refractivity (Wildman–Crippen MR) is 137 cm³/mol. The van der Waals surface area contributed by atoms with Gasteiger partial charge in [-0.05, 0) is 85.7 Å². The van der Waals surface area contributed by atoms with E-state index >= 15 is 0 Å². The van der Waals surface area contributed by atoms with Crippen LogP contribution < -0.4 is 10.2 Å². The van der Waals surface area contributed by atoms with Crippen LogP contribution in [0.25, 0.3) is 0 Å². The van der Waals surface area contributed by atoms with Crippen molar-refractivity contribution in [2.24, 2.45) is 0 Å². The first-order chi connectivity index (χ1) is 16.0. The number of thiocarbonyl (C=S) groups is 1. The van der Waals surface area contributed by atoms with E-state index < -0.39 is 0 Å². The van der Waals surface area contributed by atoms with Crippen molar-refractivity contribution in [2.75, 3.05) is 4.90 Å². The second-order valence-corrected chi connectivity index (χ2v) is 9.07. The van der Waals surface area contributed by atoms with E-state index in [1.54, 1.807) is 6.20 Å². The number of hydrogen-bond acceptors (Lipinski definition) is 3. The van der Waals surface area contributed by atoms with Crippen LogP contribution in [0.4, 0.5) is 5.69 Å². The molecule has 0 amide bonds. The van der Waals surface area contributed by atoms with Gasteiger partial charge in [0.05, 0.1) is 17.8 Å². The van der Waals surface area contributed by atoms with Crippen LogP contribution in [0.15, 0.2) is 79.3 Å². The minimum absolute atomic E-state index is 0.0533. The molecule has 2 atom stereocenters. The Kier molecular flexibility index (Phi) is 5.87. The maximum atomic E-state index is 6.17. The fourth-order valence-electron chi connectivity index (χ4n) is 4.60. The molecular formula is C26H24ClN5S. The Bertz CT molecular complexity index is 1270. The van der Waals surface area contributed by atoms with E-state index in [9.17, 15) is 0 Å². The molecule has 0 radical (unpaired) electrons. The summed E-state index contributed by atoms with van der Waals surface area (Å²) in [6.45, 7) is 5.09. The highest BCUT2D eigenvalue weighted by Crippen LogP contribution is 2.43. The molecule has 5 nitrogen and oxygen atoms in total. The van der Waals surface area contributed by atoms with Crippen molar-refractivity contribution in [1.29, 1.82) is 0 Å². The average Bonchev–Trinajstić information content (AvgIpc) is 3.32. The Balaban J connectivity index is 1.62. The maximum Gasteiger partial charge on any atom is 0.174 e. The summed E-state index contributed by atoms with van der Waals surface area (Å²) in [6, 6.07) is 20.0. The summed E-state index contributed by atoms with van der Waals surface area (Å²) < 4.78 is 2.34. The van der Waals surface area contributed by atoms with Crippen molar-refractivity contribution in [3.63, 3.8) is 0 Å². The number of hydrogen-bond donors (Lipinski definition) is 1. The summed E-state index contributed by atoms with van der Waals surface area (Å²) in [4.78, 5) is 11.1. The summed E-state index contributed by atoms with van der Waals surface area (Å²) in [5, 5.41) is 4.90. The zero-order valence-electron chi connectivity index (χ0n) is 18.4. The number of rotatable bonds is 5. The summed E-state index contributed by atoms with van der Waals surface area (Å²) >= 11 is 12.0. The molecule has 1 N–H and O–H groups in total. The lowest BCUT2D eigenvalue weighted by molar-refractivity contribution is 0.563. The van der Waals surface area contributed by atoms with Crippen LogP contribution in [0.5, 0.6) is 0 Å². The molecular weight excluding hydrogens is 450 g/mol. The van der Waals surface area contributed by atoms with Crippen LogP contribution in [-0.4, -0.2) is 19.6 Å². The van der Waals surface area contributed by atoms with Gasteiger partial charge in [0.15, 0.2) is 5.11 Å². The summed E-state index contributed by atoms with van der Waals surface area (Å²) in [5.41, 5.74) is 6.74. The highest BCUT2D eigenvalue weighted by Gasteiger charge is 2.42. The predicted octanol–water partition coefficient (Wildman–Crippen LogP) is 5.77. The number of pyridine rings is 2. The van der Waals surface area contributed by atoms with E-state index in [1.807, 2.05) is 60.9 Å². The monoisotopic (exact) mass is 473 g/mol. The van der Waals surface area contributed by atoms with Gasteiger partial charge in [-0.3, -0.25) is 9.97 Å². The van der Waals surface area contributed by atoms with Gasteiger partial charge in [0.2, 0.25) is 0 Å². The van der Waals surface area contributed by atoms with Gasteiger partial charge in [0.25, 0.3) is 0 Å². The van der Waals surface area contributed by atoms with Crippen molar-refractivity contribution in [3.8, 4) is 0 Å². The molecule has 0 unspecified atom stereocenters. The third-order valence-corrected chi connectivity index (χ3v) is 6.76. The molecule has 4 heterocycles. The zero-order chi connectivity index (χ0) is 22.9. The fraction of sp³-hybridized carbons (Fsp3) is 0.192. The standard InChI is InChI=1S/C26H24ClN5S/c1-17-14-22(18(2)31(17)16-19-6-5-12-28-15-19)25-24(23-7-3-4-13-29-23)30-26(33)32(25)21-10-8-20(27)9-11-21/h3-15,24-25H,16H2,1-2H3,(H,30,33)/t24-,25+/m1/s1. The normalized spacial score (nSPS) is 17.9. The van der Waals surface area contributed by atoms with E-state index in [4.69, 9.17) is 23.8 Å². The molecule has 3 aromatic heterocycles. The summed E-state index contributed by atoms with van der Waals surface area (Å²) in [7, 11) is 0. The Morgan fingerprint density at radius 2 is 1.85 bits per heavy atom. The van der Waals surface area contributed by atoms with Crippen LogP contribution in [0, 0.1) is 13.8 Å². The molecule has 1 aliphatic rings. The van der Waals surface area contributed by atoms with Gasteiger partial charge in [-0.15, -0.1) is 0 Å². The SMILES string of the molecule is Cc1cc([C@H]2[C@@H](c3ccccn3)NC(=S)N2c2ccc(Cl)cc2)c(C)n1Cc1cccnc1. The second kappa shape index (κ2) is 8.96. The van der Waals surface area contributed by atoms with Crippen LogP contribution >= 0.6 is 23.8 Å². The Morgan fingerprint density at radius 3 is 2.55 bits per heavy atom. The summed E-state index contributed by atoms with van der Waals surface area (Å²) in [6.07, 6.45) is 5.55. The van der Waals surface area contributed by atoms with E-state index in [-0.39, 0.29) is 12.1 Å². The quantitative estimate of drug-likeness (QED) is 0.372. The molecule has 5 rings (SSSR count). The zero-order valence-corrected chi connectivity index (χ0v) is 20.0. The minimum atomic E-state index is -0.0817. The van der Waals surface area contributed by atoms with Crippen LogP contribution in [-0.2, 0) is 6.54 Å². The molecule has 7 heteroatoms. The number of nitrogens with one attached hydrogen (secondary N) is 1. The first kappa shape index (κ1) is 21.6.